The molecule has 0 N–H and O–H groups in total. The number of hydrogen-bond acceptors (Lipinski definition) is 3. The standard InChI is InChI=1S/C19H30N2OS/c1-6-18(4)13-17(22)20(14-16-11-9-8-10-12-16)15(3)19(5,7-2)21(18)23/h8-12,15,23H,6-7,13-14H2,1-5H3. The van der Waals surface area contributed by atoms with Gasteiger partial charge in [0, 0.05) is 30.1 Å². The van der Waals surface area contributed by atoms with Crippen LogP contribution >= 0.6 is 12.8 Å². The molecule has 0 spiro atoms. The minimum absolute atomic E-state index is 0.103. The van der Waals surface area contributed by atoms with Gasteiger partial charge < -0.3 is 4.90 Å². The van der Waals surface area contributed by atoms with Crippen LogP contribution in [0.15, 0.2) is 30.3 Å². The van der Waals surface area contributed by atoms with E-state index < -0.39 is 0 Å². The van der Waals surface area contributed by atoms with Crippen LogP contribution in [-0.4, -0.2) is 32.2 Å². The van der Waals surface area contributed by atoms with Gasteiger partial charge in [-0.1, -0.05) is 57.0 Å². The summed E-state index contributed by atoms with van der Waals surface area (Å²) >= 11 is 4.87. The molecular formula is C19H30N2OS. The Morgan fingerprint density at radius 1 is 1.17 bits per heavy atom. The second kappa shape index (κ2) is 6.86. The van der Waals surface area contributed by atoms with E-state index in [9.17, 15) is 4.79 Å². The molecule has 1 aliphatic heterocycles. The third-order valence-corrected chi connectivity index (χ3v) is 6.83. The summed E-state index contributed by atoms with van der Waals surface area (Å²) < 4.78 is 2.16. The zero-order valence-electron chi connectivity index (χ0n) is 15.0. The van der Waals surface area contributed by atoms with Gasteiger partial charge in [0.25, 0.3) is 0 Å². The molecule has 1 saturated heterocycles. The molecule has 0 saturated carbocycles. The van der Waals surface area contributed by atoms with Crippen molar-refractivity contribution in [3.8, 4) is 0 Å². The second-order valence-corrected chi connectivity index (χ2v) is 7.63. The minimum atomic E-state index is -0.218. The molecule has 2 rings (SSSR count). The van der Waals surface area contributed by atoms with E-state index in [2.05, 4.69) is 51.1 Å². The van der Waals surface area contributed by atoms with Crippen LogP contribution in [-0.2, 0) is 11.3 Å². The molecule has 1 fully saturated rings. The van der Waals surface area contributed by atoms with Crippen molar-refractivity contribution in [1.82, 2.24) is 9.21 Å². The molecule has 0 bridgehead atoms. The van der Waals surface area contributed by atoms with Crippen molar-refractivity contribution in [3.05, 3.63) is 35.9 Å². The van der Waals surface area contributed by atoms with Gasteiger partial charge in [0.15, 0.2) is 0 Å². The predicted molar refractivity (Wildman–Crippen MR) is 99.3 cm³/mol. The summed E-state index contributed by atoms with van der Waals surface area (Å²) in [5.74, 6) is 0.224. The Labute approximate surface area is 146 Å². The highest BCUT2D eigenvalue weighted by molar-refractivity contribution is 7.77. The first-order valence-corrected chi connectivity index (χ1v) is 9.01. The zero-order chi connectivity index (χ0) is 17.3. The largest absolute Gasteiger partial charge is 0.334 e. The Kier molecular flexibility index (Phi) is 5.47. The quantitative estimate of drug-likeness (QED) is 0.830. The monoisotopic (exact) mass is 334 g/mol. The van der Waals surface area contributed by atoms with Crippen molar-refractivity contribution in [1.29, 1.82) is 0 Å². The maximum atomic E-state index is 13.0. The lowest BCUT2D eigenvalue weighted by Gasteiger charge is -2.49. The number of carbonyl (C=O) groups excluding carboxylic acids is 1. The zero-order valence-corrected chi connectivity index (χ0v) is 15.9. The summed E-state index contributed by atoms with van der Waals surface area (Å²) in [7, 11) is 0. The molecule has 0 aromatic heterocycles. The van der Waals surface area contributed by atoms with Crippen molar-refractivity contribution >= 4 is 18.7 Å². The number of carbonyl (C=O) groups is 1. The van der Waals surface area contributed by atoms with Crippen LogP contribution in [0.5, 0.6) is 0 Å². The van der Waals surface area contributed by atoms with Crippen molar-refractivity contribution < 1.29 is 4.79 Å². The summed E-state index contributed by atoms with van der Waals surface area (Å²) in [6.07, 6.45) is 2.37. The lowest BCUT2D eigenvalue weighted by atomic mass is 9.85. The minimum Gasteiger partial charge on any atom is -0.334 e. The SMILES string of the molecule is CCC1(C)CC(=O)N(Cc2ccccc2)C(C)C(C)(CC)N1S. The first-order valence-electron chi connectivity index (χ1n) is 8.61. The maximum Gasteiger partial charge on any atom is 0.225 e. The van der Waals surface area contributed by atoms with E-state index in [0.29, 0.717) is 13.0 Å². The van der Waals surface area contributed by atoms with E-state index in [0.717, 1.165) is 12.8 Å². The molecule has 3 atom stereocenters. The summed E-state index contributed by atoms with van der Waals surface area (Å²) in [6, 6.07) is 10.4. The molecule has 0 aliphatic carbocycles. The lowest BCUT2D eigenvalue weighted by Crippen LogP contribution is -2.58. The average Bonchev–Trinajstić information content (AvgIpc) is 2.62. The molecule has 23 heavy (non-hydrogen) atoms. The highest BCUT2D eigenvalue weighted by atomic mass is 32.1. The van der Waals surface area contributed by atoms with E-state index in [-0.39, 0.29) is 23.0 Å². The van der Waals surface area contributed by atoms with Gasteiger partial charge in [-0.25, -0.2) is 4.31 Å². The third-order valence-electron chi connectivity index (χ3n) is 5.89. The molecular weight excluding hydrogens is 304 g/mol. The van der Waals surface area contributed by atoms with Crippen LogP contribution in [0.25, 0.3) is 0 Å². The van der Waals surface area contributed by atoms with Gasteiger partial charge in [0.05, 0.1) is 0 Å². The fourth-order valence-corrected chi connectivity index (χ4v) is 4.09. The molecule has 1 aliphatic rings. The van der Waals surface area contributed by atoms with E-state index in [1.54, 1.807) is 0 Å². The highest BCUT2D eigenvalue weighted by Crippen LogP contribution is 2.42. The first-order chi connectivity index (χ1) is 10.8. The number of hydrogen-bond donors (Lipinski definition) is 1. The van der Waals surface area contributed by atoms with Gasteiger partial charge in [-0.2, -0.15) is 0 Å². The highest BCUT2D eigenvalue weighted by Gasteiger charge is 2.50. The fourth-order valence-electron chi connectivity index (χ4n) is 3.57. The number of nitrogens with zero attached hydrogens (tertiary/aromatic N) is 2. The van der Waals surface area contributed by atoms with Crippen LogP contribution < -0.4 is 0 Å². The van der Waals surface area contributed by atoms with E-state index in [4.69, 9.17) is 12.8 Å². The fraction of sp³-hybridized carbons (Fsp3) is 0.632. The normalized spacial score (nSPS) is 32.9. The molecule has 3 unspecified atom stereocenters. The number of rotatable bonds is 4. The number of amides is 1. The van der Waals surface area contributed by atoms with Crippen LogP contribution in [0, 0.1) is 0 Å². The Morgan fingerprint density at radius 2 is 1.78 bits per heavy atom. The molecule has 1 amide bonds. The Morgan fingerprint density at radius 3 is 2.30 bits per heavy atom. The number of thiol groups is 1. The molecule has 1 aromatic carbocycles. The molecule has 128 valence electrons. The van der Waals surface area contributed by atoms with Gasteiger partial charge in [-0.15, -0.1) is 0 Å². The maximum absolute atomic E-state index is 13.0. The molecule has 4 heteroatoms. The van der Waals surface area contributed by atoms with Crippen LogP contribution in [0.2, 0.25) is 0 Å². The molecule has 1 aromatic rings. The smallest absolute Gasteiger partial charge is 0.225 e. The van der Waals surface area contributed by atoms with E-state index >= 15 is 0 Å². The summed E-state index contributed by atoms with van der Waals surface area (Å²) in [4.78, 5) is 15.1. The lowest BCUT2D eigenvalue weighted by molar-refractivity contribution is -0.134. The Hall–Kier alpha value is -1.00. The van der Waals surface area contributed by atoms with Gasteiger partial charge in [-0.05, 0) is 39.2 Å². The molecule has 1 heterocycles. The van der Waals surface area contributed by atoms with Gasteiger partial charge in [-0.3, -0.25) is 4.79 Å². The van der Waals surface area contributed by atoms with Crippen molar-refractivity contribution in [2.45, 2.75) is 77.5 Å². The summed E-state index contributed by atoms with van der Waals surface area (Å²) in [5, 5.41) is 0. The summed E-state index contributed by atoms with van der Waals surface area (Å²) in [6.45, 7) is 11.5. The van der Waals surface area contributed by atoms with Crippen molar-refractivity contribution in [3.63, 3.8) is 0 Å². The van der Waals surface area contributed by atoms with Crippen LogP contribution in [0.4, 0.5) is 0 Å². The van der Waals surface area contributed by atoms with Crippen molar-refractivity contribution in [2.24, 2.45) is 0 Å². The van der Waals surface area contributed by atoms with Crippen LogP contribution in [0.3, 0.4) is 0 Å². The molecule has 0 radical (unpaired) electrons. The van der Waals surface area contributed by atoms with Crippen LogP contribution in [0.1, 0.15) is 59.4 Å². The Bertz CT molecular complexity index is 550. The average molecular weight is 335 g/mol. The topological polar surface area (TPSA) is 23.6 Å². The van der Waals surface area contributed by atoms with E-state index in [1.165, 1.54) is 5.56 Å². The predicted octanol–water partition coefficient (Wildman–Crippen LogP) is 4.29. The first kappa shape index (κ1) is 18.3. The summed E-state index contributed by atoms with van der Waals surface area (Å²) in [5.41, 5.74) is 0.802. The van der Waals surface area contributed by atoms with Gasteiger partial charge >= 0.3 is 0 Å². The third kappa shape index (κ3) is 3.29. The molecule has 3 nitrogen and oxygen atoms in total. The Balaban J connectivity index is 2.41. The number of benzene rings is 1. The second-order valence-electron chi connectivity index (χ2n) is 7.23. The van der Waals surface area contributed by atoms with Gasteiger partial charge in [0.2, 0.25) is 5.91 Å². The van der Waals surface area contributed by atoms with Gasteiger partial charge in [0.1, 0.15) is 0 Å². The van der Waals surface area contributed by atoms with E-state index in [1.807, 2.05) is 23.1 Å². The van der Waals surface area contributed by atoms with Crippen molar-refractivity contribution in [2.75, 3.05) is 0 Å².